The lowest BCUT2D eigenvalue weighted by Gasteiger charge is -2.16. The maximum atomic E-state index is 12.0. The molecule has 1 aliphatic rings. The summed E-state index contributed by atoms with van der Waals surface area (Å²) < 4.78 is 10.5. The van der Waals surface area contributed by atoms with Gasteiger partial charge in [0.1, 0.15) is 0 Å². The molecular weight excluding hydrogens is 334 g/mol. The van der Waals surface area contributed by atoms with Crippen molar-refractivity contribution in [3.05, 3.63) is 23.8 Å². The van der Waals surface area contributed by atoms with Crippen molar-refractivity contribution in [2.45, 2.75) is 38.1 Å². The molecule has 0 heterocycles. The van der Waals surface area contributed by atoms with Gasteiger partial charge in [-0.25, -0.2) is 4.79 Å². The molecule has 0 spiro atoms. The number of carbonyl (C=O) groups excluding carboxylic acids is 2. The molecule has 7 nitrogen and oxygen atoms in total. The summed E-state index contributed by atoms with van der Waals surface area (Å²) in [7, 11) is 5.16. The van der Waals surface area contributed by atoms with Crippen molar-refractivity contribution >= 4 is 11.9 Å². The van der Waals surface area contributed by atoms with Crippen LogP contribution in [-0.4, -0.2) is 52.3 Å². The van der Waals surface area contributed by atoms with Gasteiger partial charge in [0.05, 0.1) is 27.8 Å². The Morgan fingerprint density at radius 3 is 2.50 bits per heavy atom. The lowest BCUT2D eigenvalue weighted by atomic mass is 10.1. The van der Waals surface area contributed by atoms with Crippen molar-refractivity contribution in [2.75, 3.05) is 34.4 Å². The van der Waals surface area contributed by atoms with Crippen molar-refractivity contribution < 1.29 is 24.0 Å². The van der Waals surface area contributed by atoms with Gasteiger partial charge in [-0.15, -0.1) is 0 Å². The van der Waals surface area contributed by atoms with Crippen LogP contribution in [0.3, 0.4) is 0 Å². The van der Waals surface area contributed by atoms with Crippen LogP contribution in [-0.2, 0) is 11.2 Å². The second kappa shape index (κ2) is 10.0. The van der Waals surface area contributed by atoms with E-state index in [1.54, 1.807) is 14.2 Å². The number of hydrogen-bond donors (Lipinski definition) is 3. The van der Waals surface area contributed by atoms with E-state index in [1.807, 2.05) is 25.2 Å². The summed E-state index contributed by atoms with van der Waals surface area (Å²) in [4.78, 5) is 24.9. The Morgan fingerprint density at radius 2 is 1.85 bits per heavy atom. The number of nitrogens with one attached hydrogen (secondary N) is 3. The summed E-state index contributed by atoms with van der Waals surface area (Å²) in [5.74, 6) is 1.14. The van der Waals surface area contributed by atoms with E-state index in [0.717, 1.165) is 49.1 Å². The average molecular weight is 364 g/mol. The molecular formula is C19H30N3O4+. The minimum absolute atomic E-state index is 0.206. The molecule has 2 rings (SSSR count). The molecule has 0 aromatic heterocycles. The number of hydrogen-bond acceptors (Lipinski definition) is 4. The van der Waals surface area contributed by atoms with E-state index >= 15 is 0 Å². The number of quaternary nitrogens is 1. The summed E-state index contributed by atoms with van der Waals surface area (Å²) in [6.45, 7) is 1.03. The molecule has 0 aliphatic heterocycles. The Morgan fingerprint density at radius 1 is 1.15 bits per heavy atom. The Balaban J connectivity index is 1.72. The summed E-state index contributed by atoms with van der Waals surface area (Å²) >= 11 is 0. The lowest BCUT2D eigenvalue weighted by Crippen LogP contribution is -3.10. The first-order valence-corrected chi connectivity index (χ1v) is 9.14. The number of methoxy groups -OCH3 is 2. The lowest BCUT2D eigenvalue weighted by molar-refractivity contribution is -0.870. The van der Waals surface area contributed by atoms with Gasteiger partial charge in [0.25, 0.3) is 5.91 Å². The third-order valence-electron chi connectivity index (χ3n) is 4.69. The van der Waals surface area contributed by atoms with Crippen LogP contribution in [0.5, 0.6) is 11.5 Å². The molecule has 7 heteroatoms. The van der Waals surface area contributed by atoms with Crippen LogP contribution < -0.4 is 25.0 Å². The normalized spacial score (nSPS) is 15.3. The topological polar surface area (TPSA) is 81.1 Å². The van der Waals surface area contributed by atoms with E-state index in [0.29, 0.717) is 11.5 Å². The molecule has 144 valence electrons. The number of benzene rings is 1. The van der Waals surface area contributed by atoms with Gasteiger partial charge in [-0.3, -0.25) is 10.1 Å². The zero-order chi connectivity index (χ0) is 18.9. The minimum Gasteiger partial charge on any atom is -0.493 e. The number of urea groups is 1. The maximum absolute atomic E-state index is 12.0. The summed E-state index contributed by atoms with van der Waals surface area (Å²) in [5, 5.41) is 5.28. The van der Waals surface area contributed by atoms with Crippen LogP contribution in [0.4, 0.5) is 4.79 Å². The first-order valence-electron chi connectivity index (χ1n) is 9.14. The highest BCUT2D eigenvalue weighted by atomic mass is 16.5. The van der Waals surface area contributed by atoms with Crippen molar-refractivity contribution in [1.29, 1.82) is 0 Å². The molecule has 1 saturated carbocycles. The van der Waals surface area contributed by atoms with Crippen LogP contribution in [0.25, 0.3) is 0 Å². The first kappa shape index (κ1) is 20.0. The highest BCUT2D eigenvalue weighted by molar-refractivity contribution is 5.94. The molecule has 3 N–H and O–H groups in total. The van der Waals surface area contributed by atoms with E-state index in [2.05, 4.69) is 10.6 Å². The molecule has 0 saturated heterocycles. The Bertz CT molecular complexity index is 615. The van der Waals surface area contributed by atoms with Gasteiger partial charge in [0, 0.05) is 12.5 Å². The molecule has 0 radical (unpaired) electrons. The zero-order valence-corrected chi connectivity index (χ0v) is 15.9. The first-order chi connectivity index (χ1) is 12.5. The predicted octanol–water partition coefficient (Wildman–Crippen LogP) is 0.529. The monoisotopic (exact) mass is 364 g/mol. The van der Waals surface area contributed by atoms with Crippen LogP contribution in [0.1, 0.15) is 31.2 Å². The fourth-order valence-corrected chi connectivity index (χ4v) is 3.22. The van der Waals surface area contributed by atoms with Crippen molar-refractivity contribution in [2.24, 2.45) is 0 Å². The zero-order valence-electron chi connectivity index (χ0n) is 15.9. The number of carbonyl (C=O) groups is 2. The predicted molar refractivity (Wildman–Crippen MR) is 98.8 cm³/mol. The quantitative estimate of drug-likeness (QED) is 0.629. The Kier molecular flexibility index (Phi) is 7.72. The highest BCUT2D eigenvalue weighted by Gasteiger charge is 2.19. The summed E-state index contributed by atoms with van der Waals surface area (Å²) in [6.07, 6.45) is 5.08. The standard InChI is InChI=1S/C19H29N3O4/c1-22(11-10-14-8-9-16(25-2)17(12-14)26-3)13-18(23)21-19(24)20-15-6-4-5-7-15/h8-9,12,15H,4-7,10-11,13H2,1-3H3,(H2,20,21,23,24)/p+1. The van der Waals surface area contributed by atoms with Gasteiger partial charge < -0.3 is 19.7 Å². The molecule has 1 atom stereocenters. The molecule has 1 fully saturated rings. The van der Waals surface area contributed by atoms with Gasteiger partial charge >= 0.3 is 6.03 Å². The van der Waals surface area contributed by atoms with Gasteiger partial charge in [0.2, 0.25) is 0 Å². The molecule has 3 amide bonds. The number of rotatable bonds is 8. The highest BCUT2D eigenvalue weighted by Crippen LogP contribution is 2.27. The fourth-order valence-electron chi connectivity index (χ4n) is 3.22. The Hall–Kier alpha value is -2.28. The third-order valence-corrected chi connectivity index (χ3v) is 4.69. The second-order valence-corrected chi connectivity index (χ2v) is 6.83. The van der Waals surface area contributed by atoms with E-state index in [1.165, 1.54) is 0 Å². The largest absolute Gasteiger partial charge is 0.493 e. The minimum atomic E-state index is -0.380. The maximum Gasteiger partial charge on any atom is 0.321 e. The summed E-state index contributed by atoms with van der Waals surface area (Å²) in [6, 6.07) is 5.64. The fraction of sp³-hybridized carbons (Fsp3) is 0.579. The van der Waals surface area contributed by atoms with Crippen LogP contribution in [0.15, 0.2) is 18.2 Å². The van der Waals surface area contributed by atoms with E-state index in [4.69, 9.17) is 9.47 Å². The van der Waals surface area contributed by atoms with Crippen molar-refractivity contribution in [3.8, 4) is 11.5 Å². The average Bonchev–Trinajstić information content (AvgIpc) is 3.12. The van der Waals surface area contributed by atoms with Crippen LogP contribution in [0, 0.1) is 0 Å². The SMILES string of the molecule is COc1ccc(CC[NH+](C)CC(=O)NC(=O)NC2CCCC2)cc1OC. The number of amides is 3. The van der Waals surface area contributed by atoms with Gasteiger partial charge in [-0.05, 0) is 30.5 Å². The van der Waals surface area contributed by atoms with E-state index in [9.17, 15) is 9.59 Å². The van der Waals surface area contributed by atoms with E-state index < -0.39 is 0 Å². The molecule has 1 aromatic carbocycles. The molecule has 1 aromatic rings. The van der Waals surface area contributed by atoms with Crippen molar-refractivity contribution in [1.82, 2.24) is 10.6 Å². The number of likely N-dealkylation sites (N-methyl/N-ethyl adjacent to an activating group) is 1. The summed E-state index contributed by atoms with van der Waals surface area (Å²) in [5.41, 5.74) is 1.11. The van der Waals surface area contributed by atoms with E-state index in [-0.39, 0.29) is 24.5 Å². The van der Waals surface area contributed by atoms with Gasteiger partial charge in [-0.1, -0.05) is 18.9 Å². The smallest absolute Gasteiger partial charge is 0.321 e. The second-order valence-electron chi connectivity index (χ2n) is 6.83. The number of imide groups is 1. The van der Waals surface area contributed by atoms with Gasteiger partial charge in [-0.2, -0.15) is 0 Å². The molecule has 1 aliphatic carbocycles. The Labute approximate surface area is 155 Å². The molecule has 0 bridgehead atoms. The van der Waals surface area contributed by atoms with Crippen LogP contribution in [0.2, 0.25) is 0 Å². The van der Waals surface area contributed by atoms with Gasteiger partial charge in [0.15, 0.2) is 18.0 Å². The number of ether oxygens (including phenoxy) is 2. The van der Waals surface area contributed by atoms with Crippen molar-refractivity contribution in [3.63, 3.8) is 0 Å². The third kappa shape index (κ3) is 6.22. The van der Waals surface area contributed by atoms with Crippen LogP contribution >= 0.6 is 0 Å². The molecule has 26 heavy (non-hydrogen) atoms. The molecule has 1 unspecified atom stereocenters.